The van der Waals surface area contributed by atoms with E-state index in [2.05, 4.69) is 12.1 Å². The standard InChI is InChI=1S/C12H12OS2/c1-3-9(8(2)13)12-14-10-6-4-5-7-11(10)15-12/h4-7H,3H2,1-2H3. The SMILES string of the molecule is CCC(C(C)=O)=C1Sc2ccccc2S1. The van der Waals surface area contributed by atoms with Gasteiger partial charge in [0, 0.05) is 15.4 Å². The number of hydrogen-bond acceptors (Lipinski definition) is 3. The molecule has 1 aliphatic rings. The van der Waals surface area contributed by atoms with Gasteiger partial charge in [0.1, 0.15) is 0 Å². The highest BCUT2D eigenvalue weighted by molar-refractivity contribution is 8.24. The zero-order chi connectivity index (χ0) is 10.8. The predicted molar refractivity (Wildman–Crippen MR) is 66.2 cm³/mol. The van der Waals surface area contributed by atoms with Crippen LogP contribution in [-0.2, 0) is 4.79 Å². The van der Waals surface area contributed by atoms with Crippen LogP contribution in [0.5, 0.6) is 0 Å². The van der Waals surface area contributed by atoms with Crippen molar-refractivity contribution in [2.45, 2.75) is 30.1 Å². The summed E-state index contributed by atoms with van der Waals surface area (Å²) in [4.78, 5) is 14.0. The van der Waals surface area contributed by atoms with Crippen LogP contribution in [0.1, 0.15) is 20.3 Å². The molecule has 0 spiro atoms. The zero-order valence-corrected chi connectivity index (χ0v) is 10.4. The minimum atomic E-state index is 0.195. The molecule has 0 aromatic heterocycles. The van der Waals surface area contributed by atoms with E-state index in [0.717, 1.165) is 16.2 Å². The van der Waals surface area contributed by atoms with Crippen molar-refractivity contribution in [1.82, 2.24) is 0 Å². The minimum Gasteiger partial charge on any atom is -0.295 e. The summed E-state index contributed by atoms with van der Waals surface area (Å²) < 4.78 is 1.16. The molecule has 2 rings (SSSR count). The quantitative estimate of drug-likeness (QED) is 0.720. The van der Waals surface area contributed by atoms with Crippen molar-refractivity contribution in [3.8, 4) is 0 Å². The molecule has 1 nitrogen and oxygen atoms in total. The predicted octanol–water partition coefficient (Wildman–Crippen LogP) is 4.10. The van der Waals surface area contributed by atoms with E-state index in [1.165, 1.54) is 9.79 Å². The van der Waals surface area contributed by atoms with Gasteiger partial charge < -0.3 is 0 Å². The summed E-state index contributed by atoms with van der Waals surface area (Å²) >= 11 is 3.44. The van der Waals surface area contributed by atoms with Crippen molar-refractivity contribution in [1.29, 1.82) is 0 Å². The van der Waals surface area contributed by atoms with Crippen molar-refractivity contribution in [3.05, 3.63) is 34.1 Å². The summed E-state index contributed by atoms with van der Waals surface area (Å²) in [6.07, 6.45) is 0.818. The second-order valence-corrected chi connectivity index (χ2v) is 5.69. The molecule has 3 heteroatoms. The van der Waals surface area contributed by atoms with E-state index in [0.29, 0.717) is 0 Å². The number of ketones is 1. The van der Waals surface area contributed by atoms with Gasteiger partial charge in [-0.05, 0) is 25.5 Å². The first-order valence-corrected chi connectivity index (χ1v) is 6.54. The molecule has 0 saturated heterocycles. The maximum atomic E-state index is 11.4. The van der Waals surface area contributed by atoms with Crippen molar-refractivity contribution in [3.63, 3.8) is 0 Å². The van der Waals surface area contributed by atoms with Gasteiger partial charge in [0.15, 0.2) is 5.78 Å². The van der Waals surface area contributed by atoms with Crippen molar-refractivity contribution in [2.24, 2.45) is 0 Å². The molecular formula is C12H12OS2. The molecule has 0 saturated carbocycles. The van der Waals surface area contributed by atoms with Gasteiger partial charge in [-0.15, -0.1) is 0 Å². The lowest BCUT2D eigenvalue weighted by molar-refractivity contribution is -0.113. The van der Waals surface area contributed by atoms with Crippen LogP contribution in [0, 0.1) is 0 Å². The third-order valence-corrected chi connectivity index (χ3v) is 4.92. The number of benzene rings is 1. The number of carbonyl (C=O) groups excluding carboxylic acids is 1. The second kappa shape index (κ2) is 4.45. The van der Waals surface area contributed by atoms with Gasteiger partial charge in [-0.25, -0.2) is 0 Å². The van der Waals surface area contributed by atoms with Gasteiger partial charge in [0.25, 0.3) is 0 Å². The Balaban J connectivity index is 2.36. The van der Waals surface area contributed by atoms with Gasteiger partial charge in [-0.2, -0.15) is 0 Å². The Labute approximate surface area is 98.3 Å². The molecule has 1 heterocycles. The van der Waals surface area contributed by atoms with Crippen LogP contribution in [0.4, 0.5) is 0 Å². The van der Waals surface area contributed by atoms with E-state index < -0.39 is 0 Å². The molecule has 0 atom stereocenters. The second-order valence-electron chi connectivity index (χ2n) is 3.33. The van der Waals surface area contributed by atoms with E-state index in [1.54, 1.807) is 30.4 Å². The van der Waals surface area contributed by atoms with Gasteiger partial charge in [0.05, 0.1) is 4.24 Å². The molecule has 15 heavy (non-hydrogen) atoms. The molecule has 1 aromatic carbocycles. The maximum Gasteiger partial charge on any atom is 0.157 e. The van der Waals surface area contributed by atoms with Crippen molar-refractivity contribution < 1.29 is 4.79 Å². The van der Waals surface area contributed by atoms with E-state index in [9.17, 15) is 4.79 Å². The number of allylic oxidation sites excluding steroid dienone is 1. The highest BCUT2D eigenvalue weighted by atomic mass is 32.2. The van der Waals surface area contributed by atoms with E-state index in [-0.39, 0.29) is 5.78 Å². The fourth-order valence-corrected chi connectivity index (χ4v) is 4.31. The number of carbonyl (C=O) groups is 1. The van der Waals surface area contributed by atoms with Crippen LogP contribution in [0.15, 0.2) is 43.9 Å². The lowest BCUT2D eigenvalue weighted by atomic mass is 10.2. The van der Waals surface area contributed by atoms with Crippen LogP contribution < -0.4 is 0 Å². The van der Waals surface area contributed by atoms with Crippen LogP contribution in [0.2, 0.25) is 0 Å². The fourth-order valence-electron chi connectivity index (χ4n) is 1.50. The molecule has 0 N–H and O–H groups in total. The summed E-state index contributed by atoms with van der Waals surface area (Å²) in [5.74, 6) is 0.195. The molecule has 0 aliphatic carbocycles. The molecule has 0 bridgehead atoms. The molecule has 0 fully saturated rings. The highest BCUT2D eigenvalue weighted by Gasteiger charge is 2.21. The van der Waals surface area contributed by atoms with Crippen LogP contribution in [-0.4, -0.2) is 5.78 Å². The molecule has 0 radical (unpaired) electrons. The topological polar surface area (TPSA) is 17.1 Å². The smallest absolute Gasteiger partial charge is 0.157 e. The average Bonchev–Trinajstić information content (AvgIpc) is 2.61. The first-order valence-electron chi connectivity index (χ1n) is 4.91. The molecule has 0 amide bonds. The summed E-state index contributed by atoms with van der Waals surface area (Å²) in [6.45, 7) is 3.68. The number of thioether (sulfide) groups is 2. The molecule has 1 aliphatic heterocycles. The fraction of sp³-hybridized carbons (Fsp3) is 0.250. The van der Waals surface area contributed by atoms with Crippen LogP contribution >= 0.6 is 23.5 Å². The minimum absolute atomic E-state index is 0.195. The number of hydrogen-bond donors (Lipinski definition) is 0. The van der Waals surface area contributed by atoms with E-state index >= 15 is 0 Å². The number of Topliss-reactive ketones (excluding diaryl/α,β-unsaturated/α-hetero) is 1. The van der Waals surface area contributed by atoms with E-state index in [4.69, 9.17) is 0 Å². The maximum absolute atomic E-state index is 11.4. The first kappa shape index (κ1) is 10.8. The van der Waals surface area contributed by atoms with Crippen LogP contribution in [0.25, 0.3) is 0 Å². The summed E-state index contributed by atoms with van der Waals surface area (Å²) in [6, 6.07) is 8.28. The normalized spacial score (nSPS) is 13.9. The Bertz CT molecular complexity index is 408. The van der Waals surface area contributed by atoms with Crippen molar-refractivity contribution in [2.75, 3.05) is 0 Å². The first-order chi connectivity index (χ1) is 7.22. The Morgan fingerprint density at radius 1 is 1.20 bits per heavy atom. The third kappa shape index (κ3) is 2.13. The largest absolute Gasteiger partial charge is 0.295 e. The monoisotopic (exact) mass is 236 g/mol. The molecular weight excluding hydrogens is 224 g/mol. The lowest BCUT2D eigenvalue weighted by Crippen LogP contribution is -1.95. The van der Waals surface area contributed by atoms with Gasteiger partial charge in [0.2, 0.25) is 0 Å². The molecule has 78 valence electrons. The highest BCUT2D eigenvalue weighted by Crippen LogP contribution is 2.52. The van der Waals surface area contributed by atoms with E-state index in [1.807, 2.05) is 19.1 Å². The number of rotatable bonds is 2. The lowest BCUT2D eigenvalue weighted by Gasteiger charge is -2.02. The summed E-state index contributed by atoms with van der Waals surface area (Å²) in [5.41, 5.74) is 0.959. The Morgan fingerprint density at radius 3 is 2.13 bits per heavy atom. The van der Waals surface area contributed by atoms with Crippen molar-refractivity contribution >= 4 is 29.3 Å². The zero-order valence-electron chi connectivity index (χ0n) is 8.74. The van der Waals surface area contributed by atoms with Gasteiger partial charge in [-0.1, -0.05) is 42.6 Å². The Morgan fingerprint density at radius 2 is 1.73 bits per heavy atom. The molecule has 0 unspecified atom stereocenters. The average molecular weight is 236 g/mol. The summed E-state index contributed by atoms with van der Waals surface area (Å²) in [7, 11) is 0. The van der Waals surface area contributed by atoms with Gasteiger partial charge >= 0.3 is 0 Å². The Kier molecular flexibility index (Phi) is 3.22. The molecule has 1 aromatic rings. The third-order valence-electron chi connectivity index (χ3n) is 2.28. The van der Waals surface area contributed by atoms with Crippen LogP contribution in [0.3, 0.4) is 0 Å². The Hall–Kier alpha value is -0.670. The summed E-state index contributed by atoms with van der Waals surface area (Å²) in [5, 5.41) is 0. The van der Waals surface area contributed by atoms with Gasteiger partial charge in [-0.3, -0.25) is 4.79 Å². The number of fused-ring (bicyclic) bond motifs is 1.